The van der Waals surface area contributed by atoms with E-state index in [1.54, 1.807) is 7.05 Å². The van der Waals surface area contributed by atoms with Crippen molar-refractivity contribution in [3.8, 4) is 0 Å². The van der Waals surface area contributed by atoms with Gasteiger partial charge in [0.25, 0.3) is 5.69 Å². The summed E-state index contributed by atoms with van der Waals surface area (Å²) in [6.45, 7) is 0. The Balaban J connectivity index is 2.52. The molecule has 0 atom stereocenters. The molecule has 1 saturated carbocycles. The summed E-state index contributed by atoms with van der Waals surface area (Å²) in [6.07, 6.45) is 1.67. The fraction of sp³-hybridized carbons (Fsp3) is 0.455. The molecular weight excluding hydrogens is 270 g/mol. The number of hydrogen-bond donors (Lipinski definition) is 1. The monoisotopic (exact) mass is 285 g/mol. The first-order valence-corrected chi connectivity index (χ1v) is 7.26. The molecule has 0 radical (unpaired) electrons. The second kappa shape index (κ2) is 4.78. The van der Waals surface area contributed by atoms with Crippen LogP contribution in [0.1, 0.15) is 12.8 Å². The normalized spacial score (nSPS) is 15.5. The largest absolute Gasteiger partial charge is 0.387 e. The Kier molecular flexibility index (Phi) is 3.46. The molecular formula is C11H15N3O4S. The summed E-state index contributed by atoms with van der Waals surface area (Å²) in [5.41, 5.74) is 0.125. The van der Waals surface area contributed by atoms with Crippen molar-refractivity contribution < 1.29 is 13.3 Å². The lowest BCUT2D eigenvalue weighted by Gasteiger charge is -2.18. The maximum absolute atomic E-state index is 12.4. The van der Waals surface area contributed by atoms with Gasteiger partial charge in [-0.3, -0.25) is 10.1 Å². The molecule has 1 aliphatic rings. The van der Waals surface area contributed by atoms with Gasteiger partial charge in [-0.15, -0.1) is 0 Å². The Labute approximate surface area is 111 Å². The SMILES string of the molecule is CNc1ccc([N+](=O)[O-])cc1S(=O)(=O)N(C)C1CC1. The summed E-state index contributed by atoms with van der Waals surface area (Å²) in [5.74, 6) is 0. The molecule has 19 heavy (non-hydrogen) atoms. The number of nitrogens with one attached hydrogen (secondary N) is 1. The van der Waals surface area contributed by atoms with E-state index in [0.29, 0.717) is 5.69 Å². The zero-order chi connectivity index (χ0) is 14.2. The van der Waals surface area contributed by atoms with Gasteiger partial charge in [-0.25, -0.2) is 8.42 Å². The third kappa shape index (κ3) is 2.54. The van der Waals surface area contributed by atoms with E-state index in [1.165, 1.54) is 23.5 Å². The van der Waals surface area contributed by atoms with Crippen molar-refractivity contribution in [1.82, 2.24) is 4.31 Å². The van der Waals surface area contributed by atoms with Crippen LogP contribution in [0.3, 0.4) is 0 Å². The summed E-state index contributed by atoms with van der Waals surface area (Å²) in [6, 6.07) is 3.79. The van der Waals surface area contributed by atoms with Crippen LogP contribution in [0.4, 0.5) is 11.4 Å². The minimum absolute atomic E-state index is 0.00830. The number of nitro groups is 1. The summed E-state index contributed by atoms with van der Waals surface area (Å²) < 4.78 is 26.1. The van der Waals surface area contributed by atoms with Gasteiger partial charge in [0.15, 0.2) is 0 Å². The maximum atomic E-state index is 12.4. The van der Waals surface area contributed by atoms with Crippen LogP contribution in [0.5, 0.6) is 0 Å². The molecule has 1 aromatic rings. The number of sulfonamides is 1. The topological polar surface area (TPSA) is 92.5 Å². The second-order valence-corrected chi connectivity index (χ2v) is 6.41. The predicted molar refractivity (Wildman–Crippen MR) is 70.6 cm³/mol. The highest BCUT2D eigenvalue weighted by Gasteiger charge is 2.36. The number of benzene rings is 1. The van der Waals surface area contributed by atoms with Gasteiger partial charge in [-0.1, -0.05) is 0 Å². The maximum Gasteiger partial charge on any atom is 0.270 e. The number of nitro benzene ring substituents is 1. The molecule has 1 fully saturated rings. The average Bonchev–Trinajstić information content (AvgIpc) is 3.21. The van der Waals surface area contributed by atoms with Crippen LogP contribution in [0, 0.1) is 10.1 Å². The van der Waals surface area contributed by atoms with Gasteiger partial charge < -0.3 is 5.32 Å². The molecule has 104 valence electrons. The van der Waals surface area contributed by atoms with Crippen LogP contribution in [0.2, 0.25) is 0 Å². The molecule has 0 aliphatic heterocycles. The van der Waals surface area contributed by atoms with E-state index in [1.807, 2.05) is 0 Å². The van der Waals surface area contributed by atoms with Crippen molar-refractivity contribution in [3.05, 3.63) is 28.3 Å². The van der Waals surface area contributed by atoms with Crippen molar-refractivity contribution in [3.63, 3.8) is 0 Å². The van der Waals surface area contributed by atoms with Gasteiger partial charge in [0.1, 0.15) is 4.90 Å². The molecule has 1 N–H and O–H groups in total. The first kappa shape index (κ1) is 13.8. The zero-order valence-electron chi connectivity index (χ0n) is 10.7. The zero-order valence-corrected chi connectivity index (χ0v) is 11.5. The summed E-state index contributed by atoms with van der Waals surface area (Å²) in [7, 11) is -0.622. The Hall–Kier alpha value is -1.67. The lowest BCUT2D eigenvalue weighted by Crippen LogP contribution is -2.29. The van der Waals surface area contributed by atoms with Gasteiger partial charge in [-0.2, -0.15) is 4.31 Å². The van der Waals surface area contributed by atoms with E-state index in [0.717, 1.165) is 18.9 Å². The van der Waals surface area contributed by atoms with Crippen molar-refractivity contribution >= 4 is 21.4 Å². The lowest BCUT2D eigenvalue weighted by molar-refractivity contribution is -0.385. The fourth-order valence-electron chi connectivity index (χ4n) is 1.83. The highest BCUT2D eigenvalue weighted by atomic mass is 32.2. The molecule has 1 aliphatic carbocycles. The molecule has 0 unspecified atom stereocenters. The minimum atomic E-state index is -3.71. The van der Waals surface area contributed by atoms with Crippen LogP contribution in [0.15, 0.2) is 23.1 Å². The second-order valence-electron chi connectivity index (χ2n) is 4.44. The third-order valence-corrected chi connectivity index (χ3v) is 5.11. The van der Waals surface area contributed by atoms with E-state index >= 15 is 0 Å². The van der Waals surface area contributed by atoms with Crippen molar-refractivity contribution in [1.29, 1.82) is 0 Å². The Bertz CT molecular complexity index is 610. The molecule has 0 spiro atoms. The van der Waals surface area contributed by atoms with Crippen molar-refractivity contribution in [2.24, 2.45) is 0 Å². The molecule has 7 nitrogen and oxygen atoms in total. The summed E-state index contributed by atoms with van der Waals surface area (Å²) >= 11 is 0. The van der Waals surface area contributed by atoms with E-state index < -0.39 is 14.9 Å². The molecule has 0 amide bonds. The molecule has 0 aromatic heterocycles. The summed E-state index contributed by atoms with van der Waals surface area (Å²) in [5, 5.41) is 13.5. The smallest absolute Gasteiger partial charge is 0.270 e. The average molecular weight is 285 g/mol. The standard InChI is InChI=1S/C11H15N3O4S/c1-12-10-6-5-9(14(15)16)7-11(10)19(17,18)13(2)8-3-4-8/h5-8,12H,3-4H2,1-2H3. The highest BCUT2D eigenvalue weighted by Crippen LogP contribution is 2.34. The number of anilines is 1. The number of rotatable bonds is 5. The van der Waals surface area contributed by atoms with Crippen LogP contribution in [-0.2, 0) is 10.0 Å². The minimum Gasteiger partial charge on any atom is -0.387 e. The molecule has 1 aromatic carbocycles. The van der Waals surface area contributed by atoms with Gasteiger partial charge in [0.2, 0.25) is 10.0 Å². The quantitative estimate of drug-likeness (QED) is 0.652. The summed E-state index contributed by atoms with van der Waals surface area (Å²) in [4.78, 5) is 10.1. The Morgan fingerprint density at radius 2 is 2.05 bits per heavy atom. The number of non-ortho nitro benzene ring substituents is 1. The van der Waals surface area contributed by atoms with E-state index in [2.05, 4.69) is 5.32 Å². The van der Waals surface area contributed by atoms with Gasteiger partial charge in [0, 0.05) is 32.3 Å². The van der Waals surface area contributed by atoms with Crippen LogP contribution < -0.4 is 5.32 Å². The van der Waals surface area contributed by atoms with Gasteiger partial charge in [0.05, 0.1) is 10.6 Å². The van der Waals surface area contributed by atoms with Crippen molar-refractivity contribution in [2.75, 3.05) is 19.4 Å². The fourth-order valence-corrected chi connectivity index (χ4v) is 3.47. The Morgan fingerprint density at radius 3 is 2.53 bits per heavy atom. The van der Waals surface area contributed by atoms with Crippen molar-refractivity contribution in [2.45, 2.75) is 23.8 Å². The predicted octanol–water partition coefficient (Wildman–Crippen LogP) is 1.42. The molecule has 8 heteroatoms. The van der Waals surface area contributed by atoms with Crippen LogP contribution in [-0.4, -0.2) is 37.8 Å². The highest BCUT2D eigenvalue weighted by molar-refractivity contribution is 7.89. The van der Waals surface area contributed by atoms with E-state index in [9.17, 15) is 18.5 Å². The lowest BCUT2D eigenvalue weighted by atomic mass is 10.3. The van der Waals surface area contributed by atoms with Crippen LogP contribution in [0.25, 0.3) is 0 Å². The first-order valence-electron chi connectivity index (χ1n) is 5.82. The first-order chi connectivity index (χ1) is 8.87. The van der Waals surface area contributed by atoms with Gasteiger partial charge >= 0.3 is 0 Å². The number of hydrogen-bond acceptors (Lipinski definition) is 5. The molecule has 0 heterocycles. The molecule has 2 rings (SSSR count). The molecule has 0 bridgehead atoms. The van der Waals surface area contributed by atoms with E-state index in [4.69, 9.17) is 0 Å². The van der Waals surface area contributed by atoms with Crippen LogP contribution >= 0.6 is 0 Å². The van der Waals surface area contributed by atoms with Gasteiger partial charge in [-0.05, 0) is 18.9 Å². The number of nitrogens with zero attached hydrogens (tertiary/aromatic N) is 2. The third-order valence-electron chi connectivity index (χ3n) is 3.16. The molecule has 0 saturated heterocycles. The Morgan fingerprint density at radius 1 is 1.42 bits per heavy atom. The van der Waals surface area contributed by atoms with E-state index in [-0.39, 0.29) is 16.6 Å².